The van der Waals surface area contributed by atoms with Gasteiger partial charge in [0.05, 0.1) is 13.2 Å². The van der Waals surface area contributed by atoms with Crippen molar-refractivity contribution in [3.8, 4) is 0 Å². The monoisotopic (exact) mass is 314 g/mol. The largest absolute Gasteiger partial charge is 0.377 e. The Labute approximate surface area is 134 Å². The van der Waals surface area contributed by atoms with E-state index in [2.05, 4.69) is 17.3 Å². The summed E-state index contributed by atoms with van der Waals surface area (Å²) in [6.07, 6.45) is 0.804. The van der Waals surface area contributed by atoms with Crippen molar-refractivity contribution in [2.24, 2.45) is 0 Å². The molecule has 1 atom stereocenters. The van der Waals surface area contributed by atoms with E-state index in [0.29, 0.717) is 37.8 Å². The van der Waals surface area contributed by atoms with Crippen LogP contribution in [0, 0.1) is 0 Å². The van der Waals surface area contributed by atoms with Gasteiger partial charge in [-0.3, -0.25) is 4.79 Å². The fourth-order valence-corrected chi connectivity index (χ4v) is 3.46. The fraction of sp³-hybridized carbons (Fsp3) is 0.412. The van der Waals surface area contributed by atoms with Crippen LogP contribution in [0.4, 0.5) is 0 Å². The third-order valence-corrected chi connectivity index (χ3v) is 4.60. The summed E-state index contributed by atoms with van der Waals surface area (Å²) in [4.78, 5) is 14.4. The van der Waals surface area contributed by atoms with Crippen LogP contribution in [0.5, 0.6) is 0 Å². The van der Waals surface area contributed by atoms with Crippen LogP contribution < -0.4 is 0 Å². The molecule has 1 aromatic heterocycles. The van der Waals surface area contributed by atoms with Crippen LogP contribution >= 0.6 is 0 Å². The zero-order chi connectivity index (χ0) is 15.9. The standard InChI is InChI=1S/C17H18N2O4/c1-21-10-13-8-15(18-23-13)16(20)19-7-6-17(11-19)14-5-3-2-4-12(14)9-22-17/h2-5,8H,6-7,9-11H2,1H3/t17-/m1/s1. The number of rotatable bonds is 3. The van der Waals surface area contributed by atoms with Crippen molar-refractivity contribution >= 4 is 5.91 Å². The summed E-state index contributed by atoms with van der Waals surface area (Å²) >= 11 is 0. The van der Waals surface area contributed by atoms with Gasteiger partial charge in [-0.1, -0.05) is 29.4 Å². The van der Waals surface area contributed by atoms with Gasteiger partial charge in [0, 0.05) is 19.7 Å². The second-order valence-corrected chi connectivity index (χ2v) is 6.03. The minimum absolute atomic E-state index is 0.124. The minimum Gasteiger partial charge on any atom is -0.377 e. The normalized spacial score (nSPS) is 22.7. The Kier molecular flexibility index (Phi) is 3.43. The van der Waals surface area contributed by atoms with E-state index in [1.165, 1.54) is 11.1 Å². The van der Waals surface area contributed by atoms with Crippen molar-refractivity contribution in [2.45, 2.75) is 25.2 Å². The van der Waals surface area contributed by atoms with Gasteiger partial charge in [-0.15, -0.1) is 0 Å². The molecule has 2 aliphatic heterocycles. The first-order valence-corrected chi connectivity index (χ1v) is 7.68. The van der Waals surface area contributed by atoms with Crippen LogP contribution in [0.25, 0.3) is 0 Å². The number of benzene rings is 1. The smallest absolute Gasteiger partial charge is 0.276 e. The maximum Gasteiger partial charge on any atom is 0.276 e. The molecule has 0 aliphatic carbocycles. The van der Waals surface area contributed by atoms with Crippen LogP contribution in [0.1, 0.15) is 33.8 Å². The first-order valence-electron chi connectivity index (χ1n) is 7.68. The Balaban J connectivity index is 1.53. The van der Waals surface area contributed by atoms with Crippen molar-refractivity contribution in [1.82, 2.24) is 10.1 Å². The molecule has 4 rings (SSSR count). The number of carbonyl (C=O) groups is 1. The summed E-state index contributed by atoms with van der Waals surface area (Å²) in [6.45, 7) is 2.12. The topological polar surface area (TPSA) is 64.8 Å². The number of methoxy groups -OCH3 is 1. The SMILES string of the molecule is COCc1cc(C(=O)N2CC[C@]3(C2)OCc2ccccc23)no1. The zero-order valence-corrected chi connectivity index (χ0v) is 12.9. The number of hydrogen-bond donors (Lipinski definition) is 0. The molecule has 0 N–H and O–H groups in total. The number of hydrogen-bond acceptors (Lipinski definition) is 5. The maximum absolute atomic E-state index is 12.6. The Morgan fingerprint density at radius 2 is 2.30 bits per heavy atom. The Hall–Kier alpha value is -2.18. The zero-order valence-electron chi connectivity index (χ0n) is 12.9. The number of nitrogens with zero attached hydrogens (tertiary/aromatic N) is 2. The molecule has 0 radical (unpaired) electrons. The van der Waals surface area contributed by atoms with E-state index in [1.807, 2.05) is 12.1 Å². The summed E-state index contributed by atoms with van der Waals surface area (Å²) in [7, 11) is 1.57. The lowest BCUT2D eigenvalue weighted by Crippen LogP contribution is -2.34. The van der Waals surface area contributed by atoms with Crippen LogP contribution in [0.2, 0.25) is 0 Å². The molecule has 23 heavy (non-hydrogen) atoms. The predicted octanol–water partition coefficient (Wildman–Crippen LogP) is 2.09. The maximum atomic E-state index is 12.6. The highest BCUT2D eigenvalue weighted by molar-refractivity contribution is 5.92. The van der Waals surface area contributed by atoms with Gasteiger partial charge < -0.3 is 18.9 Å². The van der Waals surface area contributed by atoms with Crippen molar-refractivity contribution in [2.75, 3.05) is 20.2 Å². The van der Waals surface area contributed by atoms with Crippen molar-refractivity contribution in [3.05, 3.63) is 52.9 Å². The molecule has 2 aromatic rings. The molecule has 6 nitrogen and oxygen atoms in total. The molecule has 1 spiro atoms. The minimum atomic E-state index is -0.370. The number of carbonyl (C=O) groups excluding carboxylic acids is 1. The number of likely N-dealkylation sites (tertiary alicyclic amines) is 1. The molecule has 6 heteroatoms. The molecule has 1 amide bonds. The second kappa shape index (κ2) is 5.47. The first-order chi connectivity index (χ1) is 11.2. The number of amides is 1. The number of aromatic nitrogens is 1. The molecule has 0 unspecified atom stereocenters. The average Bonchev–Trinajstić information content (AvgIpc) is 3.29. The van der Waals surface area contributed by atoms with Gasteiger partial charge in [-0.05, 0) is 17.5 Å². The van der Waals surface area contributed by atoms with E-state index in [0.717, 1.165) is 6.42 Å². The average molecular weight is 314 g/mol. The predicted molar refractivity (Wildman–Crippen MR) is 80.6 cm³/mol. The molecule has 1 saturated heterocycles. The van der Waals surface area contributed by atoms with E-state index in [4.69, 9.17) is 14.0 Å². The second-order valence-electron chi connectivity index (χ2n) is 6.03. The molecule has 0 bridgehead atoms. The lowest BCUT2D eigenvalue weighted by Gasteiger charge is -2.24. The van der Waals surface area contributed by atoms with Crippen LogP contribution in [0.15, 0.2) is 34.9 Å². The van der Waals surface area contributed by atoms with Gasteiger partial charge in [0.25, 0.3) is 5.91 Å². The quantitative estimate of drug-likeness (QED) is 0.868. The van der Waals surface area contributed by atoms with Gasteiger partial charge in [-0.25, -0.2) is 0 Å². The Morgan fingerprint density at radius 1 is 1.43 bits per heavy atom. The van der Waals surface area contributed by atoms with E-state index in [1.54, 1.807) is 18.1 Å². The highest BCUT2D eigenvalue weighted by atomic mass is 16.5. The lowest BCUT2D eigenvalue weighted by atomic mass is 9.92. The van der Waals surface area contributed by atoms with Crippen LogP contribution in [-0.4, -0.2) is 36.2 Å². The molecule has 1 aromatic carbocycles. The highest BCUT2D eigenvalue weighted by Crippen LogP contribution is 2.43. The van der Waals surface area contributed by atoms with Gasteiger partial charge in [0.1, 0.15) is 12.2 Å². The Bertz CT molecular complexity index is 742. The summed E-state index contributed by atoms with van der Waals surface area (Å²) < 4.78 is 16.2. The third kappa shape index (κ3) is 2.34. The molecule has 120 valence electrons. The van der Waals surface area contributed by atoms with Crippen LogP contribution in [-0.2, 0) is 28.3 Å². The van der Waals surface area contributed by atoms with Crippen molar-refractivity contribution < 1.29 is 18.8 Å². The van der Waals surface area contributed by atoms with E-state index < -0.39 is 0 Å². The Morgan fingerprint density at radius 3 is 3.17 bits per heavy atom. The van der Waals surface area contributed by atoms with Gasteiger partial charge in [0.15, 0.2) is 11.5 Å². The van der Waals surface area contributed by atoms with Gasteiger partial charge >= 0.3 is 0 Å². The van der Waals surface area contributed by atoms with Crippen molar-refractivity contribution in [1.29, 1.82) is 0 Å². The third-order valence-electron chi connectivity index (χ3n) is 4.60. The van der Waals surface area contributed by atoms with Crippen LogP contribution in [0.3, 0.4) is 0 Å². The molecule has 0 saturated carbocycles. The fourth-order valence-electron chi connectivity index (χ4n) is 3.46. The van der Waals surface area contributed by atoms with Crippen molar-refractivity contribution in [3.63, 3.8) is 0 Å². The molecule has 2 aliphatic rings. The highest BCUT2D eigenvalue weighted by Gasteiger charge is 2.47. The number of fused-ring (bicyclic) bond motifs is 2. The van der Waals surface area contributed by atoms with E-state index in [-0.39, 0.29) is 11.5 Å². The lowest BCUT2D eigenvalue weighted by molar-refractivity contribution is -0.0283. The molecular formula is C17H18N2O4. The van der Waals surface area contributed by atoms with E-state index >= 15 is 0 Å². The molecule has 1 fully saturated rings. The number of ether oxygens (including phenoxy) is 2. The van der Waals surface area contributed by atoms with Gasteiger partial charge in [0.2, 0.25) is 0 Å². The summed E-state index contributed by atoms with van der Waals surface area (Å²) in [5.74, 6) is 0.424. The summed E-state index contributed by atoms with van der Waals surface area (Å²) in [6, 6.07) is 9.87. The molecular weight excluding hydrogens is 296 g/mol. The van der Waals surface area contributed by atoms with Gasteiger partial charge in [-0.2, -0.15) is 0 Å². The summed E-state index contributed by atoms with van der Waals surface area (Å²) in [5.41, 5.74) is 2.37. The summed E-state index contributed by atoms with van der Waals surface area (Å²) in [5, 5.41) is 3.85. The molecule has 3 heterocycles. The first kappa shape index (κ1) is 14.4. The van der Waals surface area contributed by atoms with E-state index in [9.17, 15) is 4.79 Å².